The first-order chi connectivity index (χ1) is 11.0. The second-order valence-corrected chi connectivity index (χ2v) is 5.80. The maximum absolute atomic E-state index is 11.9. The molecule has 0 unspecified atom stereocenters. The number of halogens is 2. The van der Waals surface area contributed by atoms with Gasteiger partial charge in [0.1, 0.15) is 0 Å². The monoisotopic (exact) mass is 360 g/mol. The van der Waals surface area contributed by atoms with Gasteiger partial charge in [-0.1, -0.05) is 36.5 Å². The van der Waals surface area contributed by atoms with Gasteiger partial charge in [0.15, 0.2) is 0 Å². The van der Waals surface area contributed by atoms with Gasteiger partial charge in [-0.05, 0) is 31.0 Å². The van der Waals surface area contributed by atoms with Crippen LogP contribution in [0.4, 0.5) is 0 Å². The smallest absolute Gasteiger partial charge is 0.251 e. The lowest BCUT2D eigenvalue weighted by Gasteiger charge is -2.08. The normalized spacial score (nSPS) is 10.4. The Bertz CT molecular complexity index is 524. The van der Waals surface area contributed by atoms with Crippen molar-refractivity contribution in [1.29, 1.82) is 0 Å². The van der Waals surface area contributed by atoms with Gasteiger partial charge in [-0.15, -0.1) is 0 Å². The number of rotatable bonds is 10. The molecule has 0 aliphatic carbocycles. The summed E-state index contributed by atoms with van der Waals surface area (Å²) < 4.78 is 5.39. The molecule has 1 aromatic carbocycles. The molecule has 0 atom stereocenters. The molecule has 0 saturated heterocycles. The maximum Gasteiger partial charge on any atom is 0.251 e. The molecule has 1 aromatic rings. The number of carbonyl (C=O) groups is 2. The van der Waals surface area contributed by atoms with Gasteiger partial charge in [0.25, 0.3) is 5.91 Å². The lowest BCUT2D eigenvalue weighted by Crippen LogP contribution is -2.37. The first kappa shape index (κ1) is 19.7. The third-order valence-electron chi connectivity index (χ3n) is 3.02. The first-order valence-corrected chi connectivity index (χ1v) is 8.38. The Morgan fingerprint density at radius 3 is 2.52 bits per heavy atom. The van der Waals surface area contributed by atoms with Crippen LogP contribution in [0.15, 0.2) is 18.2 Å². The summed E-state index contributed by atoms with van der Waals surface area (Å²) in [4.78, 5) is 23.5. The molecular weight excluding hydrogens is 339 g/mol. The average molecular weight is 361 g/mol. The third kappa shape index (κ3) is 8.21. The molecule has 23 heavy (non-hydrogen) atoms. The molecule has 0 aromatic heterocycles. The van der Waals surface area contributed by atoms with E-state index in [0.717, 1.165) is 25.9 Å². The fourth-order valence-corrected chi connectivity index (χ4v) is 2.01. The number of unbranched alkanes of at least 4 members (excludes halogenated alkanes) is 1. The van der Waals surface area contributed by atoms with E-state index in [2.05, 4.69) is 17.6 Å². The van der Waals surface area contributed by atoms with Gasteiger partial charge in [-0.3, -0.25) is 9.59 Å². The van der Waals surface area contributed by atoms with Gasteiger partial charge in [0.05, 0.1) is 16.6 Å². The number of ether oxygens (including phenoxy) is 1. The summed E-state index contributed by atoms with van der Waals surface area (Å²) >= 11 is 11.6. The van der Waals surface area contributed by atoms with Crippen LogP contribution in [0.5, 0.6) is 0 Å². The minimum atomic E-state index is -0.374. The number of hydrogen-bond donors (Lipinski definition) is 2. The van der Waals surface area contributed by atoms with E-state index in [1.165, 1.54) is 12.1 Å². The number of nitrogens with one attached hydrogen (secondary N) is 2. The van der Waals surface area contributed by atoms with Crippen molar-refractivity contribution < 1.29 is 14.3 Å². The Hall–Kier alpha value is -1.30. The van der Waals surface area contributed by atoms with Gasteiger partial charge in [0.2, 0.25) is 5.91 Å². The van der Waals surface area contributed by atoms with E-state index < -0.39 is 0 Å². The predicted molar refractivity (Wildman–Crippen MR) is 92.1 cm³/mol. The summed E-state index contributed by atoms with van der Waals surface area (Å²) in [6, 6.07) is 4.55. The van der Waals surface area contributed by atoms with Crippen molar-refractivity contribution in [3.8, 4) is 0 Å². The Balaban J connectivity index is 2.17. The lowest BCUT2D eigenvalue weighted by molar-refractivity contribution is -0.120. The second-order valence-electron chi connectivity index (χ2n) is 4.98. The molecule has 0 aliphatic rings. The first-order valence-electron chi connectivity index (χ1n) is 7.62. The summed E-state index contributed by atoms with van der Waals surface area (Å²) in [6.07, 6.45) is 2.90. The highest BCUT2D eigenvalue weighted by atomic mass is 35.5. The second kappa shape index (κ2) is 11.3. The predicted octanol–water partition coefficient (Wildman–Crippen LogP) is 3.05. The van der Waals surface area contributed by atoms with E-state index in [9.17, 15) is 9.59 Å². The van der Waals surface area contributed by atoms with Crippen molar-refractivity contribution in [1.82, 2.24) is 10.6 Å². The summed E-state index contributed by atoms with van der Waals surface area (Å²) in [7, 11) is 0. The highest BCUT2D eigenvalue weighted by molar-refractivity contribution is 6.42. The molecule has 7 heteroatoms. The van der Waals surface area contributed by atoms with Crippen LogP contribution < -0.4 is 10.6 Å². The number of benzene rings is 1. The van der Waals surface area contributed by atoms with Gasteiger partial charge >= 0.3 is 0 Å². The standard InChI is InChI=1S/C16H22Cl2N2O3/c1-2-3-8-23-9-4-7-19-15(21)11-20-16(22)12-5-6-13(17)14(18)10-12/h5-6,10H,2-4,7-9,11H2,1H3,(H,19,21)(H,20,22). The molecule has 0 aliphatic heterocycles. The van der Waals surface area contributed by atoms with Crippen molar-refractivity contribution >= 4 is 35.0 Å². The van der Waals surface area contributed by atoms with Crippen LogP contribution in [0.1, 0.15) is 36.5 Å². The largest absolute Gasteiger partial charge is 0.381 e. The zero-order chi connectivity index (χ0) is 17.1. The van der Waals surface area contributed by atoms with E-state index >= 15 is 0 Å². The molecule has 0 bridgehead atoms. The van der Waals surface area contributed by atoms with E-state index in [1.54, 1.807) is 6.07 Å². The molecule has 0 fully saturated rings. The minimum Gasteiger partial charge on any atom is -0.381 e. The molecule has 0 radical (unpaired) electrons. The third-order valence-corrected chi connectivity index (χ3v) is 3.76. The quantitative estimate of drug-likeness (QED) is 0.630. The Morgan fingerprint density at radius 2 is 1.83 bits per heavy atom. The van der Waals surface area contributed by atoms with Crippen LogP contribution in [0.25, 0.3) is 0 Å². The van der Waals surface area contributed by atoms with E-state index in [0.29, 0.717) is 28.8 Å². The molecule has 0 spiro atoms. The van der Waals surface area contributed by atoms with Crippen molar-refractivity contribution in [3.05, 3.63) is 33.8 Å². The molecule has 0 heterocycles. The topological polar surface area (TPSA) is 67.4 Å². The van der Waals surface area contributed by atoms with Gasteiger partial charge < -0.3 is 15.4 Å². The minimum absolute atomic E-state index is 0.0875. The molecular formula is C16H22Cl2N2O3. The summed E-state index contributed by atoms with van der Waals surface area (Å²) in [5.41, 5.74) is 0.358. The Labute approximate surface area is 146 Å². The fourth-order valence-electron chi connectivity index (χ4n) is 1.71. The average Bonchev–Trinajstić information content (AvgIpc) is 2.54. The zero-order valence-corrected chi connectivity index (χ0v) is 14.7. The van der Waals surface area contributed by atoms with E-state index in [1.807, 2.05) is 0 Å². The molecule has 2 N–H and O–H groups in total. The number of hydrogen-bond acceptors (Lipinski definition) is 3. The van der Waals surface area contributed by atoms with Crippen molar-refractivity contribution in [3.63, 3.8) is 0 Å². The molecule has 128 valence electrons. The SMILES string of the molecule is CCCCOCCCNC(=O)CNC(=O)c1ccc(Cl)c(Cl)c1. The van der Waals surface area contributed by atoms with Gasteiger partial charge in [-0.2, -0.15) is 0 Å². The molecule has 2 amide bonds. The number of amides is 2. The van der Waals surface area contributed by atoms with E-state index in [4.69, 9.17) is 27.9 Å². The molecule has 0 saturated carbocycles. The van der Waals surface area contributed by atoms with Crippen LogP contribution in [-0.4, -0.2) is 38.1 Å². The van der Waals surface area contributed by atoms with Crippen LogP contribution in [0.2, 0.25) is 10.0 Å². The lowest BCUT2D eigenvalue weighted by atomic mass is 10.2. The Morgan fingerprint density at radius 1 is 1.09 bits per heavy atom. The highest BCUT2D eigenvalue weighted by Gasteiger charge is 2.09. The van der Waals surface area contributed by atoms with Crippen molar-refractivity contribution in [2.75, 3.05) is 26.3 Å². The van der Waals surface area contributed by atoms with Gasteiger partial charge in [0, 0.05) is 25.3 Å². The van der Waals surface area contributed by atoms with Crippen LogP contribution >= 0.6 is 23.2 Å². The molecule has 5 nitrogen and oxygen atoms in total. The van der Waals surface area contributed by atoms with E-state index in [-0.39, 0.29) is 18.4 Å². The summed E-state index contributed by atoms with van der Waals surface area (Å²) in [5, 5.41) is 5.93. The molecule has 1 rings (SSSR count). The van der Waals surface area contributed by atoms with Crippen molar-refractivity contribution in [2.45, 2.75) is 26.2 Å². The summed E-state index contributed by atoms with van der Waals surface area (Å²) in [6.45, 7) is 3.92. The maximum atomic E-state index is 11.9. The van der Waals surface area contributed by atoms with Crippen LogP contribution in [0.3, 0.4) is 0 Å². The zero-order valence-electron chi connectivity index (χ0n) is 13.2. The van der Waals surface area contributed by atoms with Crippen LogP contribution in [0, 0.1) is 0 Å². The summed E-state index contributed by atoms with van der Waals surface area (Å²) in [5.74, 6) is -0.617. The fraction of sp³-hybridized carbons (Fsp3) is 0.500. The number of carbonyl (C=O) groups excluding carboxylic acids is 2. The van der Waals surface area contributed by atoms with Crippen LogP contribution in [-0.2, 0) is 9.53 Å². The van der Waals surface area contributed by atoms with Gasteiger partial charge in [-0.25, -0.2) is 0 Å². The highest BCUT2D eigenvalue weighted by Crippen LogP contribution is 2.22. The Kier molecular flexibility index (Phi) is 9.67. The van der Waals surface area contributed by atoms with Crippen molar-refractivity contribution in [2.24, 2.45) is 0 Å².